The second kappa shape index (κ2) is 5.35. The highest BCUT2D eigenvalue weighted by Gasteiger charge is 2.11. The van der Waals surface area contributed by atoms with E-state index in [1.54, 1.807) is 6.33 Å². The Labute approximate surface area is 104 Å². The van der Waals surface area contributed by atoms with Crippen LogP contribution in [0.15, 0.2) is 16.3 Å². The van der Waals surface area contributed by atoms with Gasteiger partial charge in [-0.2, -0.15) is 4.98 Å². The van der Waals surface area contributed by atoms with Gasteiger partial charge in [-0.3, -0.25) is 4.79 Å². The number of nitrogens with one attached hydrogen (secondary N) is 1. The summed E-state index contributed by atoms with van der Waals surface area (Å²) in [5, 5.41) is 0.741. The molecule has 0 aromatic carbocycles. The molecule has 92 valence electrons. The van der Waals surface area contributed by atoms with Crippen molar-refractivity contribution in [2.24, 2.45) is 0 Å². The summed E-state index contributed by atoms with van der Waals surface area (Å²) in [7, 11) is 0. The van der Waals surface area contributed by atoms with Crippen molar-refractivity contribution in [3.63, 3.8) is 0 Å². The van der Waals surface area contributed by atoms with Crippen LogP contribution in [0.1, 0.15) is 26.2 Å². The van der Waals surface area contributed by atoms with Crippen LogP contribution < -0.4 is 5.56 Å². The van der Waals surface area contributed by atoms with Gasteiger partial charge in [0.15, 0.2) is 16.3 Å². The third-order valence-electron chi connectivity index (χ3n) is 2.68. The van der Waals surface area contributed by atoms with Crippen molar-refractivity contribution in [1.29, 1.82) is 0 Å². The van der Waals surface area contributed by atoms with E-state index in [0.717, 1.165) is 18.1 Å². The lowest BCUT2D eigenvalue weighted by molar-refractivity contribution is 0.563. The van der Waals surface area contributed by atoms with Crippen molar-refractivity contribution in [1.82, 2.24) is 19.5 Å². The van der Waals surface area contributed by atoms with Crippen LogP contribution in [0.5, 0.6) is 0 Å². The van der Waals surface area contributed by atoms with E-state index in [0.29, 0.717) is 11.2 Å². The quantitative estimate of drug-likeness (QED) is 0.502. The molecule has 5 nitrogen and oxygen atoms in total. The Hall–Kier alpha value is -1.30. The van der Waals surface area contributed by atoms with Gasteiger partial charge in [-0.05, 0) is 12.7 Å². The molecule has 17 heavy (non-hydrogen) atoms. The first kappa shape index (κ1) is 12.2. The number of H-pyrrole nitrogens is 1. The van der Waals surface area contributed by atoms with Gasteiger partial charge >= 0.3 is 0 Å². The van der Waals surface area contributed by atoms with Gasteiger partial charge in [-0.25, -0.2) is 4.98 Å². The van der Waals surface area contributed by atoms with Gasteiger partial charge in [-0.1, -0.05) is 31.5 Å². The molecule has 0 spiro atoms. The zero-order valence-corrected chi connectivity index (χ0v) is 10.9. The molecule has 0 atom stereocenters. The van der Waals surface area contributed by atoms with Crippen LogP contribution in [0.4, 0.5) is 0 Å². The van der Waals surface area contributed by atoms with Crippen molar-refractivity contribution < 1.29 is 0 Å². The molecule has 2 rings (SSSR count). The number of hydrogen-bond donors (Lipinski definition) is 1. The molecule has 0 saturated carbocycles. The van der Waals surface area contributed by atoms with Crippen molar-refractivity contribution >= 4 is 22.9 Å². The Bertz CT molecular complexity index is 560. The number of fused-ring (bicyclic) bond motifs is 1. The first-order valence-corrected chi connectivity index (χ1v) is 6.98. The number of imidazole rings is 1. The normalized spacial score (nSPS) is 11.2. The van der Waals surface area contributed by atoms with E-state index in [-0.39, 0.29) is 5.56 Å². The molecular formula is C11H16N4OS. The van der Waals surface area contributed by atoms with Crippen molar-refractivity contribution in [3.8, 4) is 0 Å². The second-order valence-corrected chi connectivity index (χ2v) is 4.64. The Morgan fingerprint density at radius 2 is 2.29 bits per heavy atom. The van der Waals surface area contributed by atoms with E-state index in [9.17, 15) is 4.79 Å². The molecule has 6 heteroatoms. The maximum Gasteiger partial charge on any atom is 0.299 e. The molecule has 2 aromatic rings. The number of hydrogen-bond acceptors (Lipinski definition) is 4. The van der Waals surface area contributed by atoms with Crippen molar-refractivity contribution in [2.45, 2.75) is 37.9 Å². The summed E-state index contributed by atoms with van der Waals surface area (Å²) in [4.78, 5) is 22.8. The third kappa shape index (κ3) is 2.36. The van der Waals surface area contributed by atoms with Crippen LogP contribution in [0, 0.1) is 0 Å². The zero-order valence-electron chi connectivity index (χ0n) is 10.1. The van der Waals surface area contributed by atoms with Crippen molar-refractivity contribution in [2.75, 3.05) is 6.26 Å². The number of rotatable bonds is 5. The third-order valence-corrected chi connectivity index (χ3v) is 3.36. The van der Waals surface area contributed by atoms with Gasteiger partial charge in [-0.15, -0.1) is 0 Å². The molecule has 2 heterocycles. The highest BCUT2D eigenvalue weighted by Crippen LogP contribution is 2.16. The maximum absolute atomic E-state index is 11.7. The molecular weight excluding hydrogens is 236 g/mol. The first-order valence-electron chi connectivity index (χ1n) is 5.75. The average Bonchev–Trinajstić information content (AvgIpc) is 2.81. The minimum absolute atomic E-state index is 0.228. The minimum atomic E-state index is -0.228. The SMILES string of the molecule is CCCCCn1c(SC)nc(=O)c2[nH]cnc21. The highest BCUT2D eigenvalue weighted by atomic mass is 32.2. The standard InChI is InChI=1S/C11H16N4OS/c1-3-4-5-6-15-9-8(12-7-13-9)10(16)14-11(15)17-2/h7H,3-6H2,1-2H3,(H,12,13). The molecule has 0 fully saturated rings. The monoisotopic (exact) mass is 252 g/mol. The Morgan fingerprint density at radius 1 is 1.47 bits per heavy atom. The van der Waals surface area contributed by atoms with Gasteiger partial charge in [0.25, 0.3) is 5.56 Å². The van der Waals surface area contributed by atoms with Crippen LogP contribution in [0.2, 0.25) is 0 Å². The van der Waals surface area contributed by atoms with Crippen LogP contribution in [-0.4, -0.2) is 25.8 Å². The Kier molecular flexibility index (Phi) is 3.83. The summed E-state index contributed by atoms with van der Waals surface area (Å²) in [6.45, 7) is 3.03. The minimum Gasteiger partial charge on any atom is -0.339 e. The predicted octanol–water partition coefficient (Wildman–Crippen LogP) is 2.03. The van der Waals surface area contributed by atoms with E-state index in [1.165, 1.54) is 24.6 Å². The molecule has 0 aliphatic rings. The lowest BCUT2D eigenvalue weighted by Gasteiger charge is -2.10. The second-order valence-electron chi connectivity index (χ2n) is 3.86. The fraction of sp³-hybridized carbons (Fsp3) is 0.545. The van der Waals surface area contributed by atoms with E-state index in [2.05, 4.69) is 21.9 Å². The summed E-state index contributed by atoms with van der Waals surface area (Å²) in [5.41, 5.74) is 0.985. The van der Waals surface area contributed by atoms with E-state index in [4.69, 9.17) is 0 Å². The van der Waals surface area contributed by atoms with Gasteiger partial charge in [0.1, 0.15) is 0 Å². The summed E-state index contributed by atoms with van der Waals surface area (Å²) >= 11 is 1.48. The summed E-state index contributed by atoms with van der Waals surface area (Å²) in [6.07, 6.45) is 6.90. The number of nitrogens with zero attached hydrogens (tertiary/aromatic N) is 3. The molecule has 0 aliphatic carbocycles. The lowest BCUT2D eigenvalue weighted by atomic mass is 10.2. The van der Waals surface area contributed by atoms with E-state index < -0.39 is 0 Å². The fourth-order valence-electron chi connectivity index (χ4n) is 1.82. The lowest BCUT2D eigenvalue weighted by Crippen LogP contribution is -2.16. The Balaban J connectivity index is 2.46. The molecule has 1 N–H and O–H groups in total. The van der Waals surface area contributed by atoms with Crippen molar-refractivity contribution in [3.05, 3.63) is 16.7 Å². The molecule has 0 saturated heterocycles. The van der Waals surface area contributed by atoms with Gasteiger partial charge in [0.05, 0.1) is 6.33 Å². The summed E-state index contributed by atoms with van der Waals surface area (Å²) in [6, 6.07) is 0. The number of thioether (sulfide) groups is 1. The predicted molar refractivity (Wildman–Crippen MR) is 69.5 cm³/mol. The number of aromatic nitrogens is 4. The van der Waals surface area contributed by atoms with Crippen LogP contribution in [-0.2, 0) is 6.54 Å². The van der Waals surface area contributed by atoms with Crippen LogP contribution in [0.3, 0.4) is 0 Å². The first-order chi connectivity index (χ1) is 8.27. The van der Waals surface area contributed by atoms with Gasteiger partial charge in [0.2, 0.25) is 0 Å². The molecule has 0 unspecified atom stereocenters. The number of aryl methyl sites for hydroxylation is 1. The molecule has 2 aromatic heterocycles. The number of unbranched alkanes of at least 4 members (excludes halogenated alkanes) is 2. The summed E-state index contributed by atoms with van der Waals surface area (Å²) in [5.74, 6) is 0. The van der Waals surface area contributed by atoms with Crippen LogP contribution in [0.25, 0.3) is 11.2 Å². The average molecular weight is 252 g/mol. The Morgan fingerprint density at radius 3 is 3.00 bits per heavy atom. The fourth-order valence-corrected chi connectivity index (χ4v) is 2.39. The topological polar surface area (TPSA) is 63.6 Å². The molecule has 0 bridgehead atoms. The smallest absolute Gasteiger partial charge is 0.299 e. The van der Waals surface area contributed by atoms with E-state index in [1.807, 2.05) is 10.8 Å². The number of aromatic amines is 1. The van der Waals surface area contributed by atoms with E-state index >= 15 is 0 Å². The highest BCUT2D eigenvalue weighted by molar-refractivity contribution is 7.98. The molecule has 0 amide bonds. The van der Waals surface area contributed by atoms with Crippen LogP contribution >= 0.6 is 11.8 Å². The van der Waals surface area contributed by atoms with Gasteiger partial charge < -0.3 is 9.55 Å². The maximum atomic E-state index is 11.7. The summed E-state index contributed by atoms with van der Waals surface area (Å²) < 4.78 is 2.02. The zero-order chi connectivity index (χ0) is 12.3. The largest absolute Gasteiger partial charge is 0.339 e. The molecule has 0 radical (unpaired) electrons. The van der Waals surface area contributed by atoms with Gasteiger partial charge in [0, 0.05) is 6.54 Å². The molecule has 0 aliphatic heterocycles.